The Morgan fingerprint density at radius 1 is 1.20 bits per heavy atom. The molecule has 0 spiro atoms. The first-order valence-corrected chi connectivity index (χ1v) is 7.39. The molecule has 3 nitrogen and oxygen atoms in total. The minimum atomic E-state index is -0.743. The number of Topliss-reactive ketones (excluding diaryl/α,β-unsaturated/α-hetero) is 1. The minimum Gasteiger partial charge on any atom is -0.465 e. The van der Waals surface area contributed by atoms with Crippen molar-refractivity contribution in [1.29, 1.82) is 0 Å². The lowest BCUT2D eigenvalue weighted by atomic mass is 9.94. The second-order valence-corrected chi connectivity index (χ2v) is 5.25. The summed E-state index contributed by atoms with van der Waals surface area (Å²) in [5.74, 6) is -1.42. The third-order valence-electron chi connectivity index (χ3n) is 2.95. The molecule has 0 saturated heterocycles. The van der Waals surface area contributed by atoms with Crippen LogP contribution in [-0.4, -0.2) is 18.4 Å². The lowest BCUT2D eigenvalue weighted by Crippen LogP contribution is -2.27. The third-order valence-corrected chi connectivity index (χ3v) is 3.66. The largest absolute Gasteiger partial charge is 0.465 e. The number of esters is 1. The fourth-order valence-electron chi connectivity index (χ4n) is 1.94. The van der Waals surface area contributed by atoms with Crippen molar-refractivity contribution in [3.05, 3.63) is 33.8 Å². The molecule has 1 unspecified atom stereocenters. The second-order valence-electron chi connectivity index (χ2n) is 4.44. The molecular weight excluding hydrogens is 299 g/mol. The molecule has 0 amide bonds. The Bertz CT molecular complexity index is 466. The number of ether oxygens (including phenoxy) is 1. The summed E-state index contributed by atoms with van der Waals surface area (Å²) in [5, 5.41) is 0.870. The Labute approximate surface area is 129 Å². The minimum absolute atomic E-state index is 0.0436. The van der Waals surface area contributed by atoms with Crippen LogP contribution in [0.15, 0.2) is 18.2 Å². The van der Waals surface area contributed by atoms with Crippen molar-refractivity contribution in [3.63, 3.8) is 0 Å². The van der Waals surface area contributed by atoms with Crippen LogP contribution in [0.25, 0.3) is 0 Å². The van der Waals surface area contributed by atoms with Gasteiger partial charge in [-0.1, -0.05) is 42.6 Å². The van der Waals surface area contributed by atoms with Crippen LogP contribution in [0.5, 0.6) is 0 Å². The fraction of sp³-hybridized carbons (Fsp3) is 0.467. The molecule has 0 aliphatic heterocycles. The molecule has 0 aromatic heterocycles. The van der Waals surface area contributed by atoms with Crippen LogP contribution in [0.2, 0.25) is 10.0 Å². The Morgan fingerprint density at radius 2 is 1.80 bits per heavy atom. The maximum absolute atomic E-state index is 12.3. The molecule has 0 aliphatic rings. The molecule has 0 fully saturated rings. The van der Waals surface area contributed by atoms with E-state index < -0.39 is 11.9 Å². The van der Waals surface area contributed by atoms with Gasteiger partial charge in [0.15, 0.2) is 5.78 Å². The molecule has 1 rings (SSSR count). The highest BCUT2D eigenvalue weighted by atomic mass is 35.5. The summed E-state index contributed by atoms with van der Waals surface area (Å²) in [7, 11) is 0. The Balaban J connectivity index is 2.88. The van der Waals surface area contributed by atoms with Crippen LogP contribution in [-0.2, 0) is 20.7 Å². The van der Waals surface area contributed by atoms with Crippen LogP contribution in [0.3, 0.4) is 0 Å². The lowest BCUT2D eigenvalue weighted by Gasteiger charge is -2.14. The van der Waals surface area contributed by atoms with E-state index in [9.17, 15) is 9.59 Å². The molecule has 0 N–H and O–H groups in total. The zero-order valence-electron chi connectivity index (χ0n) is 11.6. The molecule has 0 bridgehead atoms. The highest BCUT2D eigenvalue weighted by Gasteiger charge is 2.27. The van der Waals surface area contributed by atoms with E-state index in [1.165, 1.54) is 0 Å². The molecule has 20 heavy (non-hydrogen) atoms. The smallest absolute Gasteiger partial charge is 0.316 e. The topological polar surface area (TPSA) is 43.4 Å². The van der Waals surface area contributed by atoms with E-state index in [1.807, 2.05) is 6.92 Å². The summed E-state index contributed by atoms with van der Waals surface area (Å²) in [5.41, 5.74) is 0.561. The maximum atomic E-state index is 12.3. The SMILES string of the molecule is CCCC(C(=O)Cc1c(Cl)cccc1Cl)C(=O)OCC. The van der Waals surface area contributed by atoms with Gasteiger partial charge < -0.3 is 4.74 Å². The maximum Gasteiger partial charge on any atom is 0.316 e. The van der Waals surface area contributed by atoms with Gasteiger partial charge in [0.1, 0.15) is 5.92 Å². The van der Waals surface area contributed by atoms with Gasteiger partial charge in [-0.05, 0) is 31.0 Å². The Morgan fingerprint density at radius 3 is 2.30 bits per heavy atom. The van der Waals surface area contributed by atoms with E-state index in [2.05, 4.69) is 0 Å². The predicted octanol–water partition coefficient (Wildman–Crippen LogP) is 4.08. The number of hydrogen-bond donors (Lipinski definition) is 0. The average Bonchev–Trinajstić information content (AvgIpc) is 2.40. The van der Waals surface area contributed by atoms with Gasteiger partial charge in [0, 0.05) is 16.5 Å². The van der Waals surface area contributed by atoms with Gasteiger partial charge in [0.2, 0.25) is 0 Å². The number of carbonyl (C=O) groups excluding carboxylic acids is 2. The van der Waals surface area contributed by atoms with Crippen molar-refractivity contribution < 1.29 is 14.3 Å². The van der Waals surface area contributed by atoms with Crippen LogP contribution >= 0.6 is 23.2 Å². The van der Waals surface area contributed by atoms with Crippen LogP contribution < -0.4 is 0 Å². The first-order chi connectivity index (χ1) is 9.51. The number of ketones is 1. The van der Waals surface area contributed by atoms with Gasteiger partial charge in [-0.25, -0.2) is 0 Å². The molecule has 1 atom stereocenters. The van der Waals surface area contributed by atoms with Crippen molar-refractivity contribution in [2.45, 2.75) is 33.1 Å². The van der Waals surface area contributed by atoms with E-state index in [1.54, 1.807) is 25.1 Å². The zero-order valence-corrected chi connectivity index (χ0v) is 13.1. The highest BCUT2D eigenvalue weighted by molar-refractivity contribution is 6.36. The molecule has 0 heterocycles. The van der Waals surface area contributed by atoms with Gasteiger partial charge in [-0.2, -0.15) is 0 Å². The van der Waals surface area contributed by atoms with E-state index in [0.717, 1.165) is 6.42 Å². The summed E-state index contributed by atoms with van der Waals surface area (Å²) >= 11 is 12.1. The lowest BCUT2D eigenvalue weighted by molar-refractivity contribution is -0.151. The van der Waals surface area contributed by atoms with Crippen LogP contribution in [0.1, 0.15) is 32.3 Å². The average molecular weight is 317 g/mol. The Hall–Kier alpha value is -1.06. The van der Waals surface area contributed by atoms with Gasteiger partial charge >= 0.3 is 5.97 Å². The molecule has 5 heteroatoms. The summed E-state index contributed by atoms with van der Waals surface area (Å²) < 4.78 is 4.95. The highest BCUT2D eigenvalue weighted by Crippen LogP contribution is 2.26. The first-order valence-electron chi connectivity index (χ1n) is 6.63. The third kappa shape index (κ3) is 4.50. The molecular formula is C15H18Cl2O3. The van der Waals surface area contributed by atoms with Crippen molar-refractivity contribution in [3.8, 4) is 0 Å². The predicted molar refractivity (Wildman–Crippen MR) is 80.2 cm³/mol. The van der Waals surface area contributed by atoms with Crippen molar-refractivity contribution in [1.82, 2.24) is 0 Å². The van der Waals surface area contributed by atoms with Gasteiger partial charge in [-0.3, -0.25) is 9.59 Å². The van der Waals surface area contributed by atoms with Crippen molar-refractivity contribution in [2.24, 2.45) is 5.92 Å². The van der Waals surface area contributed by atoms with Gasteiger partial charge in [0.25, 0.3) is 0 Å². The van der Waals surface area contributed by atoms with Crippen molar-refractivity contribution >= 4 is 35.0 Å². The van der Waals surface area contributed by atoms with Gasteiger partial charge in [-0.15, -0.1) is 0 Å². The monoisotopic (exact) mass is 316 g/mol. The number of hydrogen-bond acceptors (Lipinski definition) is 3. The normalized spacial score (nSPS) is 12.0. The molecule has 110 valence electrons. The number of benzene rings is 1. The Kier molecular flexibility index (Phi) is 7.03. The van der Waals surface area contributed by atoms with E-state index in [4.69, 9.17) is 27.9 Å². The van der Waals surface area contributed by atoms with E-state index in [-0.39, 0.29) is 18.8 Å². The number of carbonyl (C=O) groups is 2. The quantitative estimate of drug-likeness (QED) is 0.562. The van der Waals surface area contributed by atoms with E-state index in [0.29, 0.717) is 22.0 Å². The summed E-state index contributed by atoms with van der Waals surface area (Å²) in [6.45, 7) is 3.90. The molecule has 0 saturated carbocycles. The summed E-state index contributed by atoms with van der Waals surface area (Å²) in [6, 6.07) is 5.07. The second kappa shape index (κ2) is 8.28. The standard InChI is InChI=1S/C15H18Cl2O3/c1-3-6-10(15(19)20-4-2)14(18)9-11-12(16)7-5-8-13(11)17/h5,7-8,10H,3-4,6,9H2,1-2H3. The van der Waals surface area contributed by atoms with Gasteiger partial charge in [0.05, 0.1) is 6.61 Å². The van der Waals surface area contributed by atoms with Crippen LogP contribution in [0.4, 0.5) is 0 Å². The summed E-state index contributed by atoms with van der Waals surface area (Å²) in [4.78, 5) is 24.1. The van der Waals surface area contributed by atoms with Crippen molar-refractivity contribution in [2.75, 3.05) is 6.61 Å². The molecule has 1 aromatic carbocycles. The molecule has 0 radical (unpaired) electrons. The summed E-state index contributed by atoms with van der Waals surface area (Å²) in [6.07, 6.45) is 1.24. The zero-order chi connectivity index (χ0) is 15.1. The fourth-order valence-corrected chi connectivity index (χ4v) is 2.47. The number of rotatable bonds is 7. The first kappa shape index (κ1) is 17.0. The number of halogens is 2. The van der Waals surface area contributed by atoms with Crippen LogP contribution in [0, 0.1) is 5.92 Å². The molecule has 0 aliphatic carbocycles. The van der Waals surface area contributed by atoms with E-state index >= 15 is 0 Å². The molecule has 1 aromatic rings.